The zero-order valence-electron chi connectivity index (χ0n) is 13.8. The van der Waals surface area contributed by atoms with Crippen molar-refractivity contribution in [3.63, 3.8) is 0 Å². The van der Waals surface area contributed by atoms with E-state index in [0.717, 1.165) is 22.5 Å². The van der Waals surface area contributed by atoms with Gasteiger partial charge in [-0.2, -0.15) is 0 Å². The molecule has 2 aromatic carbocycles. The number of thioether (sulfide) groups is 1. The van der Waals surface area contributed by atoms with E-state index in [9.17, 15) is 18.4 Å². The van der Waals surface area contributed by atoms with Gasteiger partial charge >= 0.3 is 0 Å². The third-order valence-electron chi connectivity index (χ3n) is 4.50. The quantitative estimate of drug-likeness (QED) is 0.687. The predicted octanol–water partition coefficient (Wildman–Crippen LogP) is 4.33. The molecule has 26 heavy (non-hydrogen) atoms. The van der Waals surface area contributed by atoms with E-state index in [0.29, 0.717) is 23.9 Å². The topological polar surface area (TPSA) is 42.3 Å². The van der Waals surface area contributed by atoms with Crippen LogP contribution in [0.3, 0.4) is 0 Å². The molecule has 1 aromatic heterocycles. The van der Waals surface area contributed by atoms with Gasteiger partial charge in [0.1, 0.15) is 17.7 Å². The van der Waals surface area contributed by atoms with Gasteiger partial charge in [0.15, 0.2) is 0 Å². The van der Waals surface area contributed by atoms with E-state index in [4.69, 9.17) is 0 Å². The minimum Gasteiger partial charge on any atom is -0.343 e. The molecular weight excluding hydrogens is 358 g/mol. The maximum absolute atomic E-state index is 13.4. The molecule has 0 N–H and O–H groups in total. The van der Waals surface area contributed by atoms with Gasteiger partial charge in [-0.25, -0.2) is 8.78 Å². The van der Waals surface area contributed by atoms with Crippen LogP contribution in [-0.4, -0.2) is 26.9 Å². The highest BCUT2D eigenvalue weighted by Crippen LogP contribution is 2.38. The SMILES string of the molecule is CN1C(=O)SC(=O)C1c1cccc2c1ccn2Cc1cc(F)cc(F)c1. The number of likely N-dealkylation sites (N-methyl/N-ethyl adjacent to an activating group) is 1. The molecule has 0 radical (unpaired) electrons. The first kappa shape index (κ1) is 16.8. The number of hydrogen-bond acceptors (Lipinski definition) is 3. The predicted molar refractivity (Wildman–Crippen MR) is 95.9 cm³/mol. The van der Waals surface area contributed by atoms with E-state index in [1.54, 1.807) is 7.05 Å². The van der Waals surface area contributed by atoms with E-state index in [2.05, 4.69) is 0 Å². The summed E-state index contributed by atoms with van der Waals surface area (Å²) in [5.74, 6) is -1.24. The van der Waals surface area contributed by atoms with Crippen LogP contribution in [0.1, 0.15) is 17.2 Å². The lowest BCUT2D eigenvalue weighted by Crippen LogP contribution is -2.23. The summed E-state index contributed by atoms with van der Waals surface area (Å²) in [6.45, 7) is 0.295. The minimum atomic E-state index is -0.626. The van der Waals surface area contributed by atoms with Crippen LogP contribution in [0, 0.1) is 11.6 Å². The lowest BCUT2D eigenvalue weighted by Gasteiger charge is -2.18. The molecule has 0 aliphatic carbocycles. The largest absolute Gasteiger partial charge is 0.343 e. The molecule has 7 heteroatoms. The number of aromatic nitrogens is 1. The van der Waals surface area contributed by atoms with Crippen molar-refractivity contribution in [2.45, 2.75) is 12.6 Å². The maximum Gasteiger partial charge on any atom is 0.289 e. The third-order valence-corrected chi connectivity index (χ3v) is 5.39. The summed E-state index contributed by atoms with van der Waals surface area (Å²) in [6.07, 6.45) is 1.81. The number of carbonyl (C=O) groups excluding carboxylic acids is 2. The maximum atomic E-state index is 13.4. The molecule has 0 saturated carbocycles. The Morgan fingerprint density at radius 1 is 1.08 bits per heavy atom. The van der Waals surface area contributed by atoms with Crippen LogP contribution in [0.5, 0.6) is 0 Å². The van der Waals surface area contributed by atoms with Crippen LogP contribution >= 0.6 is 11.8 Å². The van der Waals surface area contributed by atoms with Crippen molar-refractivity contribution in [3.05, 3.63) is 71.4 Å². The number of nitrogens with zero attached hydrogens (tertiary/aromatic N) is 2. The number of amides is 1. The second-order valence-corrected chi connectivity index (χ2v) is 7.16. The van der Waals surface area contributed by atoms with E-state index in [1.807, 2.05) is 35.0 Å². The molecule has 4 nitrogen and oxygen atoms in total. The van der Waals surface area contributed by atoms with Crippen molar-refractivity contribution in [2.75, 3.05) is 7.05 Å². The number of halogens is 2. The highest BCUT2D eigenvalue weighted by atomic mass is 32.2. The molecule has 0 bridgehead atoms. The highest BCUT2D eigenvalue weighted by Gasteiger charge is 2.39. The zero-order chi connectivity index (χ0) is 18.4. The average Bonchev–Trinajstić information content (AvgIpc) is 3.08. The summed E-state index contributed by atoms with van der Waals surface area (Å²) >= 11 is 0.711. The Labute approximate surface area is 152 Å². The number of fused-ring (bicyclic) bond motifs is 1. The van der Waals surface area contributed by atoms with Gasteiger partial charge in [0.25, 0.3) is 5.24 Å². The Balaban J connectivity index is 1.76. The Bertz CT molecular complexity index is 1030. The monoisotopic (exact) mass is 372 g/mol. The van der Waals surface area contributed by atoms with Crippen molar-refractivity contribution >= 4 is 33.0 Å². The van der Waals surface area contributed by atoms with Gasteiger partial charge in [0.2, 0.25) is 5.12 Å². The summed E-state index contributed by atoms with van der Waals surface area (Å²) in [6, 6.07) is 10.2. The van der Waals surface area contributed by atoms with Crippen LogP contribution in [-0.2, 0) is 11.3 Å². The highest BCUT2D eigenvalue weighted by molar-refractivity contribution is 8.26. The first-order valence-electron chi connectivity index (χ1n) is 7.95. The fraction of sp³-hybridized carbons (Fsp3) is 0.158. The molecule has 1 aliphatic rings. The van der Waals surface area contributed by atoms with Gasteiger partial charge in [-0.3, -0.25) is 9.59 Å². The summed E-state index contributed by atoms with van der Waals surface area (Å²) in [4.78, 5) is 25.5. The second kappa shape index (κ2) is 6.25. The second-order valence-electron chi connectivity index (χ2n) is 6.20. The van der Waals surface area contributed by atoms with E-state index in [1.165, 1.54) is 17.0 Å². The van der Waals surface area contributed by atoms with Gasteiger partial charge in [0.05, 0.1) is 0 Å². The normalized spacial score (nSPS) is 17.5. The van der Waals surface area contributed by atoms with E-state index < -0.39 is 17.7 Å². The van der Waals surface area contributed by atoms with Gasteiger partial charge < -0.3 is 9.47 Å². The lowest BCUT2D eigenvalue weighted by atomic mass is 10.0. The zero-order valence-corrected chi connectivity index (χ0v) is 14.6. The first-order valence-corrected chi connectivity index (χ1v) is 8.77. The Kier molecular flexibility index (Phi) is 4.03. The Hall–Kier alpha value is -2.67. The average molecular weight is 372 g/mol. The standard InChI is InChI=1S/C19H14F2N2O2S/c1-22-17(18(24)26-19(22)25)15-3-2-4-16-14(15)5-6-23(16)10-11-7-12(20)9-13(21)8-11/h2-9,17H,10H2,1H3. The van der Waals surface area contributed by atoms with Crippen molar-refractivity contribution in [2.24, 2.45) is 0 Å². The van der Waals surface area contributed by atoms with Gasteiger partial charge in [0, 0.05) is 48.5 Å². The third kappa shape index (κ3) is 2.78. The molecule has 1 aliphatic heterocycles. The molecule has 1 saturated heterocycles. The molecule has 1 atom stereocenters. The first-order chi connectivity index (χ1) is 12.4. The lowest BCUT2D eigenvalue weighted by molar-refractivity contribution is -0.113. The molecule has 0 spiro atoms. The van der Waals surface area contributed by atoms with Crippen molar-refractivity contribution in [1.29, 1.82) is 0 Å². The van der Waals surface area contributed by atoms with Crippen molar-refractivity contribution in [1.82, 2.24) is 9.47 Å². The molecule has 4 rings (SSSR count). The van der Waals surface area contributed by atoms with Crippen LogP contribution in [0.4, 0.5) is 13.6 Å². The number of benzene rings is 2. The van der Waals surface area contributed by atoms with Gasteiger partial charge in [-0.15, -0.1) is 0 Å². The minimum absolute atomic E-state index is 0.204. The van der Waals surface area contributed by atoms with Crippen LogP contribution in [0.15, 0.2) is 48.7 Å². The summed E-state index contributed by atoms with van der Waals surface area (Å²) in [5.41, 5.74) is 2.08. The van der Waals surface area contributed by atoms with Crippen molar-refractivity contribution in [3.8, 4) is 0 Å². The molecule has 132 valence electrons. The van der Waals surface area contributed by atoms with Crippen LogP contribution in [0.25, 0.3) is 10.9 Å². The van der Waals surface area contributed by atoms with Gasteiger partial charge in [-0.1, -0.05) is 12.1 Å². The van der Waals surface area contributed by atoms with E-state index in [-0.39, 0.29) is 10.4 Å². The Morgan fingerprint density at radius 3 is 2.46 bits per heavy atom. The summed E-state index contributed by atoms with van der Waals surface area (Å²) < 4.78 is 28.7. The van der Waals surface area contributed by atoms with E-state index >= 15 is 0 Å². The van der Waals surface area contributed by atoms with Crippen LogP contribution < -0.4 is 0 Å². The molecular formula is C19H14F2N2O2S. The Morgan fingerprint density at radius 2 is 1.81 bits per heavy atom. The van der Waals surface area contributed by atoms with Gasteiger partial charge in [-0.05, 0) is 35.4 Å². The fourth-order valence-corrected chi connectivity index (χ4v) is 4.15. The summed E-state index contributed by atoms with van der Waals surface area (Å²) in [5, 5.41) is 0.362. The number of carbonyl (C=O) groups is 2. The molecule has 3 aromatic rings. The fourth-order valence-electron chi connectivity index (χ4n) is 3.34. The van der Waals surface area contributed by atoms with Crippen molar-refractivity contribution < 1.29 is 18.4 Å². The number of hydrogen-bond donors (Lipinski definition) is 0. The molecule has 2 heterocycles. The molecule has 1 fully saturated rings. The number of rotatable bonds is 3. The van der Waals surface area contributed by atoms with Crippen LogP contribution in [0.2, 0.25) is 0 Å². The molecule has 1 amide bonds. The summed E-state index contributed by atoms with van der Waals surface area (Å²) in [7, 11) is 1.61. The smallest absolute Gasteiger partial charge is 0.289 e. The molecule has 1 unspecified atom stereocenters.